The molecule has 1 fully saturated rings. The molecule has 1 N–H and O–H groups in total. The van der Waals surface area contributed by atoms with Gasteiger partial charge in [-0.2, -0.15) is 0 Å². The van der Waals surface area contributed by atoms with Crippen molar-refractivity contribution < 1.29 is 0 Å². The number of rotatable bonds is 6. The predicted octanol–water partition coefficient (Wildman–Crippen LogP) is 3.59. The minimum Gasteiger partial charge on any atom is -0.383 e. The Morgan fingerprint density at radius 1 is 1.35 bits per heavy atom. The molecule has 0 aliphatic heterocycles. The molecule has 0 spiro atoms. The SMILES string of the molecule is CN(CCNc1ccccc1Br)CC1CCC1. The van der Waals surface area contributed by atoms with Crippen molar-refractivity contribution in [1.29, 1.82) is 0 Å². The summed E-state index contributed by atoms with van der Waals surface area (Å²) in [5.74, 6) is 0.962. The molecule has 2 rings (SSSR count). The molecule has 1 aliphatic rings. The van der Waals surface area contributed by atoms with Crippen LogP contribution in [0.15, 0.2) is 28.7 Å². The van der Waals surface area contributed by atoms with E-state index in [-0.39, 0.29) is 0 Å². The highest BCUT2D eigenvalue weighted by Crippen LogP contribution is 2.26. The highest BCUT2D eigenvalue weighted by molar-refractivity contribution is 9.10. The Morgan fingerprint density at radius 2 is 2.12 bits per heavy atom. The fraction of sp³-hybridized carbons (Fsp3) is 0.571. The van der Waals surface area contributed by atoms with E-state index in [4.69, 9.17) is 0 Å². The van der Waals surface area contributed by atoms with E-state index in [0.29, 0.717) is 0 Å². The largest absolute Gasteiger partial charge is 0.383 e. The van der Waals surface area contributed by atoms with Gasteiger partial charge in [0.1, 0.15) is 0 Å². The van der Waals surface area contributed by atoms with Gasteiger partial charge in [-0.1, -0.05) is 18.6 Å². The molecule has 0 heterocycles. The van der Waals surface area contributed by atoms with E-state index in [1.165, 1.54) is 31.5 Å². The molecule has 0 amide bonds. The van der Waals surface area contributed by atoms with Gasteiger partial charge in [-0.15, -0.1) is 0 Å². The van der Waals surface area contributed by atoms with Crippen LogP contribution in [0.2, 0.25) is 0 Å². The summed E-state index contributed by atoms with van der Waals surface area (Å²) in [6.07, 6.45) is 4.30. The number of anilines is 1. The van der Waals surface area contributed by atoms with Gasteiger partial charge in [-0.3, -0.25) is 0 Å². The number of hydrogen-bond donors (Lipinski definition) is 1. The van der Waals surface area contributed by atoms with Crippen LogP contribution in [0.25, 0.3) is 0 Å². The highest BCUT2D eigenvalue weighted by Gasteiger charge is 2.18. The summed E-state index contributed by atoms with van der Waals surface area (Å²) in [5, 5.41) is 3.46. The summed E-state index contributed by atoms with van der Waals surface area (Å²) in [4.78, 5) is 2.44. The zero-order valence-electron chi connectivity index (χ0n) is 10.5. The monoisotopic (exact) mass is 296 g/mol. The lowest BCUT2D eigenvalue weighted by atomic mass is 9.85. The summed E-state index contributed by atoms with van der Waals surface area (Å²) < 4.78 is 1.14. The minimum atomic E-state index is 0.962. The Balaban J connectivity index is 1.66. The quantitative estimate of drug-likeness (QED) is 0.863. The maximum absolute atomic E-state index is 3.55. The molecule has 94 valence electrons. The third-order valence-electron chi connectivity index (χ3n) is 3.48. The zero-order valence-corrected chi connectivity index (χ0v) is 12.0. The molecule has 0 unspecified atom stereocenters. The smallest absolute Gasteiger partial charge is 0.0485 e. The molecule has 0 radical (unpaired) electrons. The van der Waals surface area contributed by atoms with E-state index in [9.17, 15) is 0 Å². The van der Waals surface area contributed by atoms with Crippen molar-refractivity contribution in [1.82, 2.24) is 4.90 Å². The molecule has 3 heteroatoms. The standard InChI is InChI=1S/C14H21BrN2/c1-17(11-12-5-4-6-12)10-9-16-14-8-3-2-7-13(14)15/h2-3,7-8,12,16H,4-6,9-11H2,1H3. The second kappa shape index (κ2) is 6.41. The van der Waals surface area contributed by atoms with E-state index in [1.807, 2.05) is 6.07 Å². The van der Waals surface area contributed by atoms with Crippen LogP contribution < -0.4 is 5.32 Å². The van der Waals surface area contributed by atoms with Gasteiger partial charge < -0.3 is 10.2 Å². The molecule has 1 aromatic carbocycles. The van der Waals surface area contributed by atoms with Crippen molar-refractivity contribution in [2.24, 2.45) is 5.92 Å². The van der Waals surface area contributed by atoms with Crippen LogP contribution in [0, 0.1) is 5.92 Å². The first-order chi connectivity index (χ1) is 8.25. The third kappa shape index (κ3) is 4.00. The fourth-order valence-electron chi connectivity index (χ4n) is 2.19. The maximum Gasteiger partial charge on any atom is 0.0485 e. The second-order valence-electron chi connectivity index (χ2n) is 4.97. The van der Waals surface area contributed by atoms with Crippen molar-refractivity contribution in [3.05, 3.63) is 28.7 Å². The van der Waals surface area contributed by atoms with Crippen LogP contribution in [-0.4, -0.2) is 31.6 Å². The summed E-state index contributed by atoms with van der Waals surface area (Å²) in [6, 6.07) is 8.28. The minimum absolute atomic E-state index is 0.962. The second-order valence-corrected chi connectivity index (χ2v) is 5.82. The molecule has 0 aromatic heterocycles. The number of benzene rings is 1. The number of para-hydroxylation sites is 1. The Kier molecular flexibility index (Phi) is 4.86. The van der Waals surface area contributed by atoms with Gasteiger partial charge in [0.25, 0.3) is 0 Å². The van der Waals surface area contributed by atoms with Gasteiger partial charge >= 0.3 is 0 Å². The maximum atomic E-state index is 3.55. The van der Waals surface area contributed by atoms with Crippen LogP contribution in [0.3, 0.4) is 0 Å². The number of nitrogens with one attached hydrogen (secondary N) is 1. The lowest BCUT2D eigenvalue weighted by molar-refractivity contribution is 0.210. The lowest BCUT2D eigenvalue weighted by Crippen LogP contribution is -2.32. The summed E-state index contributed by atoms with van der Waals surface area (Å²) >= 11 is 3.55. The molecule has 17 heavy (non-hydrogen) atoms. The number of halogens is 1. The Labute approximate surface area is 113 Å². The van der Waals surface area contributed by atoms with Crippen LogP contribution in [0.5, 0.6) is 0 Å². The number of hydrogen-bond acceptors (Lipinski definition) is 2. The Hall–Kier alpha value is -0.540. The Bertz CT molecular complexity index is 350. The summed E-state index contributed by atoms with van der Waals surface area (Å²) in [5.41, 5.74) is 1.18. The normalized spacial score (nSPS) is 15.9. The van der Waals surface area contributed by atoms with E-state index in [1.54, 1.807) is 0 Å². The van der Waals surface area contributed by atoms with Gasteiger partial charge in [0.15, 0.2) is 0 Å². The first kappa shape index (κ1) is 12.9. The van der Waals surface area contributed by atoms with E-state index >= 15 is 0 Å². The van der Waals surface area contributed by atoms with Gasteiger partial charge in [0.05, 0.1) is 0 Å². The molecule has 2 nitrogen and oxygen atoms in total. The summed E-state index contributed by atoms with van der Waals surface area (Å²) in [6.45, 7) is 3.38. The van der Waals surface area contributed by atoms with Crippen LogP contribution >= 0.6 is 15.9 Å². The van der Waals surface area contributed by atoms with Crippen LogP contribution in [0.4, 0.5) is 5.69 Å². The fourth-order valence-corrected chi connectivity index (χ4v) is 2.62. The molecule has 1 aromatic rings. The first-order valence-corrected chi connectivity index (χ1v) is 7.22. The molecular formula is C14H21BrN2. The average molecular weight is 297 g/mol. The number of nitrogens with zero attached hydrogens (tertiary/aromatic N) is 1. The third-order valence-corrected chi connectivity index (χ3v) is 4.17. The Morgan fingerprint density at radius 3 is 2.76 bits per heavy atom. The predicted molar refractivity (Wildman–Crippen MR) is 77.5 cm³/mol. The zero-order chi connectivity index (χ0) is 12.1. The van der Waals surface area contributed by atoms with Crippen molar-refractivity contribution in [2.45, 2.75) is 19.3 Å². The highest BCUT2D eigenvalue weighted by atomic mass is 79.9. The number of likely N-dealkylation sites (N-methyl/N-ethyl adjacent to an activating group) is 1. The van der Waals surface area contributed by atoms with Crippen molar-refractivity contribution >= 4 is 21.6 Å². The first-order valence-electron chi connectivity index (χ1n) is 6.42. The van der Waals surface area contributed by atoms with Gasteiger partial charge in [-0.25, -0.2) is 0 Å². The van der Waals surface area contributed by atoms with Crippen molar-refractivity contribution in [3.8, 4) is 0 Å². The van der Waals surface area contributed by atoms with E-state index in [2.05, 4.69) is 51.4 Å². The van der Waals surface area contributed by atoms with E-state index < -0.39 is 0 Å². The van der Waals surface area contributed by atoms with Gasteiger partial charge in [0, 0.05) is 29.8 Å². The van der Waals surface area contributed by atoms with E-state index in [0.717, 1.165) is 23.5 Å². The molecule has 1 aliphatic carbocycles. The summed E-state index contributed by atoms with van der Waals surface area (Å²) in [7, 11) is 2.22. The topological polar surface area (TPSA) is 15.3 Å². The van der Waals surface area contributed by atoms with Gasteiger partial charge in [0.2, 0.25) is 0 Å². The molecule has 0 atom stereocenters. The lowest BCUT2D eigenvalue weighted by Gasteiger charge is -2.30. The van der Waals surface area contributed by atoms with Crippen LogP contribution in [0.1, 0.15) is 19.3 Å². The van der Waals surface area contributed by atoms with Crippen LogP contribution in [-0.2, 0) is 0 Å². The van der Waals surface area contributed by atoms with Gasteiger partial charge in [-0.05, 0) is 53.9 Å². The van der Waals surface area contributed by atoms with Crippen molar-refractivity contribution in [3.63, 3.8) is 0 Å². The molecule has 1 saturated carbocycles. The molecule has 0 saturated heterocycles. The average Bonchev–Trinajstić information content (AvgIpc) is 2.26. The molecule has 0 bridgehead atoms. The molecular weight excluding hydrogens is 276 g/mol. The van der Waals surface area contributed by atoms with Crippen molar-refractivity contribution in [2.75, 3.05) is 32.0 Å².